The van der Waals surface area contributed by atoms with Gasteiger partial charge < -0.3 is 5.32 Å². The van der Waals surface area contributed by atoms with Crippen molar-refractivity contribution in [2.75, 3.05) is 11.9 Å². The number of hydrogen-bond acceptors (Lipinski definition) is 8. The molecule has 0 saturated carbocycles. The molecule has 0 fully saturated rings. The molecule has 3 rings (SSSR count). The molecule has 0 radical (unpaired) electrons. The lowest BCUT2D eigenvalue weighted by atomic mass is 10.4. The maximum atomic E-state index is 12.4. The first-order chi connectivity index (χ1) is 11.9. The summed E-state index contributed by atoms with van der Waals surface area (Å²) in [7, 11) is 1.66. The minimum Gasteiger partial charge on any atom is -0.345 e. The van der Waals surface area contributed by atoms with Crippen molar-refractivity contribution in [2.24, 2.45) is 0 Å². The van der Waals surface area contributed by atoms with Crippen LogP contribution in [-0.2, 0) is 6.54 Å². The number of anilines is 1. The van der Waals surface area contributed by atoms with Crippen molar-refractivity contribution in [3.05, 3.63) is 43.2 Å². The topological polar surface area (TPSA) is 88.1 Å². The minimum atomic E-state index is -0.235. The molecule has 0 spiro atoms. The van der Waals surface area contributed by atoms with E-state index in [2.05, 4.69) is 20.3 Å². The summed E-state index contributed by atoms with van der Waals surface area (Å²) in [5, 5.41) is 10.3. The molecule has 10 heteroatoms. The number of aryl methyl sites for hydroxylation is 2. The predicted molar refractivity (Wildman–Crippen MR) is 99.7 cm³/mol. The molecule has 0 atom stereocenters. The number of carbonyl (C=O) groups excluding carboxylic acids is 2. The summed E-state index contributed by atoms with van der Waals surface area (Å²) in [5.41, 5.74) is 1.51. The van der Waals surface area contributed by atoms with E-state index in [4.69, 9.17) is 0 Å². The molecule has 0 aliphatic heterocycles. The Labute approximate surface area is 156 Å². The molecule has 3 heterocycles. The van der Waals surface area contributed by atoms with Crippen LogP contribution >= 0.6 is 34.0 Å². The minimum absolute atomic E-state index is 0.202. The van der Waals surface area contributed by atoms with Crippen LogP contribution in [0.25, 0.3) is 0 Å². The SMILES string of the molecule is Cc1nc(C(=O)NCc2csc(N(C)C(=O)c3csc(C)n3)n2)cs1. The smallest absolute Gasteiger partial charge is 0.279 e. The van der Waals surface area contributed by atoms with Gasteiger partial charge in [-0.15, -0.1) is 34.0 Å². The highest BCUT2D eigenvalue weighted by atomic mass is 32.1. The number of nitrogens with one attached hydrogen (secondary N) is 1. The van der Waals surface area contributed by atoms with E-state index in [0.29, 0.717) is 22.2 Å². The van der Waals surface area contributed by atoms with Crippen LogP contribution < -0.4 is 10.2 Å². The van der Waals surface area contributed by atoms with Crippen molar-refractivity contribution in [2.45, 2.75) is 20.4 Å². The third-order valence-electron chi connectivity index (χ3n) is 3.25. The number of thiazole rings is 3. The molecule has 2 amide bonds. The first-order valence-electron chi connectivity index (χ1n) is 7.29. The van der Waals surface area contributed by atoms with Gasteiger partial charge in [0.2, 0.25) is 0 Å². The van der Waals surface area contributed by atoms with Crippen molar-refractivity contribution in [3.8, 4) is 0 Å². The zero-order valence-electron chi connectivity index (χ0n) is 13.8. The average Bonchev–Trinajstić information content (AvgIpc) is 3.32. The van der Waals surface area contributed by atoms with Crippen LogP contribution in [0, 0.1) is 13.8 Å². The summed E-state index contributed by atoms with van der Waals surface area (Å²) in [5.74, 6) is -0.437. The van der Waals surface area contributed by atoms with Crippen LogP contribution in [0.5, 0.6) is 0 Å². The van der Waals surface area contributed by atoms with Crippen LogP contribution in [0.3, 0.4) is 0 Å². The van der Waals surface area contributed by atoms with E-state index in [9.17, 15) is 9.59 Å². The Bertz CT molecular complexity index is 914. The summed E-state index contributed by atoms with van der Waals surface area (Å²) in [6, 6.07) is 0. The van der Waals surface area contributed by atoms with Gasteiger partial charge in [-0.25, -0.2) is 15.0 Å². The van der Waals surface area contributed by atoms with Gasteiger partial charge in [-0.2, -0.15) is 0 Å². The summed E-state index contributed by atoms with van der Waals surface area (Å²) >= 11 is 4.21. The van der Waals surface area contributed by atoms with Gasteiger partial charge >= 0.3 is 0 Å². The lowest BCUT2D eigenvalue weighted by molar-refractivity contribution is 0.0944. The van der Waals surface area contributed by atoms with Gasteiger partial charge in [-0.05, 0) is 13.8 Å². The van der Waals surface area contributed by atoms with E-state index in [1.165, 1.54) is 38.9 Å². The van der Waals surface area contributed by atoms with E-state index in [1.54, 1.807) is 17.8 Å². The molecule has 1 N–H and O–H groups in total. The van der Waals surface area contributed by atoms with Gasteiger partial charge in [-0.1, -0.05) is 0 Å². The highest BCUT2D eigenvalue weighted by Gasteiger charge is 2.19. The predicted octanol–water partition coefficient (Wildman–Crippen LogP) is 2.88. The highest BCUT2D eigenvalue weighted by Crippen LogP contribution is 2.21. The zero-order chi connectivity index (χ0) is 18.0. The van der Waals surface area contributed by atoms with Crippen LogP contribution in [0.15, 0.2) is 16.1 Å². The van der Waals surface area contributed by atoms with Crippen molar-refractivity contribution < 1.29 is 9.59 Å². The molecular formula is C15H15N5O2S3. The fourth-order valence-corrected chi connectivity index (χ4v) is 3.95. The van der Waals surface area contributed by atoms with Gasteiger partial charge in [0.1, 0.15) is 11.4 Å². The monoisotopic (exact) mass is 393 g/mol. The fourth-order valence-electron chi connectivity index (χ4n) is 1.98. The summed E-state index contributed by atoms with van der Waals surface area (Å²) in [6.45, 7) is 3.99. The number of nitrogens with zero attached hydrogens (tertiary/aromatic N) is 4. The van der Waals surface area contributed by atoms with Gasteiger partial charge in [-0.3, -0.25) is 14.5 Å². The van der Waals surface area contributed by atoms with E-state index < -0.39 is 0 Å². The van der Waals surface area contributed by atoms with E-state index in [-0.39, 0.29) is 18.4 Å². The maximum absolute atomic E-state index is 12.4. The molecule has 0 aromatic carbocycles. The van der Waals surface area contributed by atoms with Gasteiger partial charge in [0.05, 0.1) is 22.3 Å². The second-order valence-electron chi connectivity index (χ2n) is 5.17. The molecule has 0 unspecified atom stereocenters. The number of aromatic nitrogens is 3. The van der Waals surface area contributed by atoms with Crippen molar-refractivity contribution in [3.63, 3.8) is 0 Å². The fraction of sp³-hybridized carbons (Fsp3) is 0.267. The van der Waals surface area contributed by atoms with E-state index >= 15 is 0 Å². The largest absolute Gasteiger partial charge is 0.345 e. The molecule has 25 heavy (non-hydrogen) atoms. The van der Waals surface area contributed by atoms with Crippen molar-refractivity contribution >= 4 is 51.0 Å². The quantitative estimate of drug-likeness (QED) is 0.720. The Balaban J connectivity index is 1.62. The van der Waals surface area contributed by atoms with E-state index in [0.717, 1.165) is 10.0 Å². The Morgan fingerprint density at radius 2 is 1.64 bits per heavy atom. The maximum Gasteiger partial charge on any atom is 0.279 e. The number of amides is 2. The number of rotatable bonds is 5. The Morgan fingerprint density at radius 1 is 1.00 bits per heavy atom. The number of carbonyl (C=O) groups is 2. The second kappa shape index (κ2) is 7.38. The van der Waals surface area contributed by atoms with Crippen LogP contribution in [-0.4, -0.2) is 33.8 Å². The summed E-state index contributed by atoms with van der Waals surface area (Å²) in [6.07, 6.45) is 0. The summed E-state index contributed by atoms with van der Waals surface area (Å²) in [4.78, 5) is 38.6. The molecule has 0 saturated heterocycles. The van der Waals surface area contributed by atoms with Crippen LogP contribution in [0.4, 0.5) is 5.13 Å². The third kappa shape index (κ3) is 4.09. The van der Waals surface area contributed by atoms with E-state index in [1.807, 2.05) is 19.2 Å². The van der Waals surface area contributed by atoms with Gasteiger partial charge in [0.15, 0.2) is 5.13 Å². The molecule has 0 bridgehead atoms. The second-order valence-corrected chi connectivity index (χ2v) is 8.13. The molecule has 3 aromatic heterocycles. The third-order valence-corrected chi connectivity index (χ3v) is 5.76. The lowest BCUT2D eigenvalue weighted by Crippen LogP contribution is -2.27. The normalized spacial score (nSPS) is 10.7. The van der Waals surface area contributed by atoms with Crippen LogP contribution in [0.1, 0.15) is 36.7 Å². The lowest BCUT2D eigenvalue weighted by Gasteiger charge is -2.11. The molecule has 0 aliphatic rings. The Kier molecular flexibility index (Phi) is 5.21. The standard InChI is InChI=1S/C15H15N5O2S3/c1-8-17-11(6-23-8)13(21)16-4-10-5-25-15(19-10)20(3)14(22)12-7-24-9(2)18-12/h5-7H,4H2,1-3H3,(H,16,21). The number of hydrogen-bond donors (Lipinski definition) is 1. The molecule has 7 nitrogen and oxygen atoms in total. The van der Waals surface area contributed by atoms with Gasteiger partial charge in [0, 0.05) is 23.2 Å². The van der Waals surface area contributed by atoms with Gasteiger partial charge in [0.25, 0.3) is 11.8 Å². The molecule has 0 aliphatic carbocycles. The Morgan fingerprint density at radius 3 is 2.24 bits per heavy atom. The molecule has 130 valence electrons. The highest BCUT2D eigenvalue weighted by molar-refractivity contribution is 7.14. The van der Waals surface area contributed by atoms with Crippen molar-refractivity contribution in [1.29, 1.82) is 0 Å². The Hall–Kier alpha value is -2.17. The average molecular weight is 394 g/mol. The zero-order valence-corrected chi connectivity index (χ0v) is 16.2. The first-order valence-corrected chi connectivity index (χ1v) is 9.93. The summed E-state index contributed by atoms with van der Waals surface area (Å²) < 4.78 is 0. The molecular weight excluding hydrogens is 378 g/mol. The molecule has 3 aromatic rings. The first kappa shape index (κ1) is 17.6. The van der Waals surface area contributed by atoms with Crippen LogP contribution in [0.2, 0.25) is 0 Å². The van der Waals surface area contributed by atoms with Crippen molar-refractivity contribution in [1.82, 2.24) is 20.3 Å².